The van der Waals surface area contributed by atoms with Gasteiger partial charge in [-0.25, -0.2) is 4.68 Å². The van der Waals surface area contributed by atoms with Crippen LogP contribution in [0.4, 0.5) is 0 Å². The molecule has 0 radical (unpaired) electrons. The number of nitrogens with zero attached hydrogens (tertiary/aromatic N) is 2. The van der Waals surface area contributed by atoms with Crippen molar-refractivity contribution < 1.29 is 4.79 Å². The number of para-hydroxylation sites is 1. The number of hydrogen-bond acceptors (Lipinski definition) is 3. The van der Waals surface area contributed by atoms with Gasteiger partial charge in [0.05, 0.1) is 24.0 Å². The van der Waals surface area contributed by atoms with Gasteiger partial charge in [0.15, 0.2) is 5.78 Å². The number of benzene rings is 1. The zero-order valence-corrected chi connectivity index (χ0v) is 8.13. The highest BCUT2D eigenvalue weighted by atomic mass is 16.1. The lowest BCUT2D eigenvalue weighted by molar-refractivity contribution is 0.100. The van der Waals surface area contributed by atoms with Crippen LogP contribution < -0.4 is 5.73 Å². The molecule has 76 valence electrons. The van der Waals surface area contributed by atoms with Gasteiger partial charge in [-0.2, -0.15) is 5.10 Å². The maximum Gasteiger partial charge on any atom is 0.179 e. The van der Waals surface area contributed by atoms with Gasteiger partial charge < -0.3 is 5.73 Å². The molecule has 4 heteroatoms. The molecule has 2 aromatic rings. The summed E-state index contributed by atoms with van der Waals surface area (Å²) in [5.74, 6) is -0.0998. The van der Waals surface area contributed by atoms with Gasteiger partial charge in [-0.05, 0) is 12.1 Å². The predicted molar refractivity (Wildman–Crippen MR) is 56.9 cm³/mol. The van der Waals surface area contributed by atoms with E-state index < -0.39 is 0 Å². The van der Waals surface area contributed by atoms with Crippen LogP contribution in [0.25, 0.3) is 5.69 Å². The van der Waals surface area contributed by atoms with Gasteiger partial charge >= 0.3 is 0 Å². The summed E-state index contributed by atoms with van der Waals surface area (Å²) < 4.78 is 1.66. The summed E-state index contributed by atoms with van der Waals surface area (Å²) in [6.07, 6.45) is 3.22. The lowest BCUT2D eigenvalue weighted by Gasteiger charge is -1.98. The first-order valence-electron chi connectivity index (χ1n) is 4.64. The van der Waals surface area contributed by atoms with Gasteiger partial charge in [0.2, 0.25) is 0 Å². The average molecular weight is 201 g/mol. The van der Waals surface area contributed by atoms with Gasteiger partial charge in [-0.3, -0.25) is 4.79 Å². The number of aromatic nitrogens is 2. The van der Waals surface area contributed by atoms with Crippen molar-refractivity contribution in [3.8, 4) is 5.69 Å². The molecule has 0 unspecified atom stereocenters. The first-order chi connectivity index (χ1) is 7.31. The monoisotopic (exact) mass is 201 g/mol. The van der Waals surface area contributed by atoms with E-state index in [9.17, 15) is 4.79 Å². The molecular weight excluding hydrogens is 190 g/mol. The highest BCUT2D eigenvalue weighted by molar-refractivity contribution is 5.97. The normalized spacial score (nSPS) is 10.2. The van der Waals surface area contributed by atoms with E-state index in [0.717, 1.165) is 5.69 Å². The number of nitrogens with two attached hydrogens (primary N) is 1. The Kier molecular flexibility index (Phi) is 2.60. The number of carbonyl (C=O) groups is 1. The van der Waals surface area contributed by atoms with E-state index in [1.54, 1.807) is 10.9 Å². The molecule has 0 spiro atoms. The van der Waals surface area contributed by atoms with Gasteiger partial charge in [0.1, 0.15) is 0 Å². The third-order valence-electron chi connectivity index (χ3n) is 2.11. The van der Waals surface area contributed by atoms with Crippen LogP contribution in [-0.2, 0) is 0 Å². The van der Waals surface area contributed by atoms with E-state index in [1.807, 2.05) is 30.3 Å². The topological polar surface area (TPSA) is 60.9 Å². The van der Waals surface area contributed by atoms with Gasteiger partial charge in [0.25, 0.3) is 0 Å². The Balaban J connectivity index is 2.32. The van der Waals surface area contributed by atoms with Crippen molar-refractivity contribution in [2.75, 3.05) is 6.54 Å². The second-order valence-electron chi connectivity index (χ2n) is 3.14. The summed E-state index contributed by atoms with van der Waals surface area (Å²) in [7, 11) is 0. The Hall–Kier alpha value is -1.94. The summed E-state index contributed by atoms with van der Waals surface area (Å²) in [6.45, 7) is 0.0144. The van der Waals surface area contributed by atoms with E-state index in [-0.39, 0.29) is 12.3 Å². The van der Waals surface area contributed by atoms with Gasteiger partial charge in [-0.1, -0.05) is 18.2 Å². The Morgan fingerprint density at radius 1 is 1.33 bits per heavy atom. The molecule has 2 N–H and O–H groups in total. The van der Waals surface area contributed by atoms with Crippen LogP contribution in [0.2, 0.25) is 0 Å². The predicted octanol–water partition coefficient (Wildman–Crippen LogP) is 1.01. The maximum absolute atomic E-state index is 11.3. The molecule has 0 saturated heterocycles. The molecule has 4 nitrogen and oxygen atoms in total. The number of carbonyl (C=O) groups excluding carboxylic acids is 1. The first kappa shape index (κ1) is 9.61. The Bertz CT molecular complexity index is 462. The minimum atomic E-state index is -0.0998. The number of Topliss-reactive ketones (excluding diaryl/α,β-unsaturated/α-hetero) is 1. The minimum Gasteiger partial charge on any atom is -0.324 e. The van der Waals surface area contributed by atoms with Crippen molar-refractivity contribution in [1.29, 1.82) is 0 Å². The second kappa shape index (κ2) is 4.06. The molecule has 1 heterocycles. The fraction of sp³-hybridized carbons (Fsp3) is 0.0909. The fourth-order valence-corrected chi connectivity index (χ4v) is 1.31. The molecule has 0 aliphatic carbocycles. The quantitative estimate of drug-likeness (QED) is 0.754. The molecule has 2 rings (SSSR count). The third-order valence-corrected chi connectivity index (χ3v) is 2.11. The Labute approximate surface area is 87.3 Å². The summed E-state index contributed by atoms with van der Waals surface area (Å²) in [5, 5.41) is 4.10. The van der Waals surface area contributed by atoms with Crippen molar-refractivity contribution in [1.82, 2.24) is 9.78 Å². The summed E-state index contributed by atoms with van der Waals surface area (Å²) >= 11 is 0. The largest absolute Gasteiger partial charge is 0.324 e. The van der Waals surface area contributed by atoms with Crippen molar-refractivity contribution in [2.24, 2.45) is 5.73 Å². The molecule has 1 aromatic heterocycles. The highest BCUT2D eigenvalue weighted by Crippen LogP contribution is 2.07. The standard InChI is InChI=1S/C11H11N3O/c12-6-11(15)9-7-13-14(8-9)10-4-2-1-3-5-10/h1-5,7-8H,6,12H2. The van der Waals surface area contributed by atoms with Gasteiger partial charge in [-0.15, -0.1) is 0 Å². The van der Waals surface area contributed by atoms with Crippen molar-refractivity contribution >= 4 is 5.78 Å². The minimum absolute atomic E-state index is 0.0144. The molecule has 0 amide bonds. The summed E-state index contributed by atoms with van der Waals surface area (Å²) in [6, 6.07) is 9.61. The van der Waals surface area contributed by atoms with E-state index in [2.05, 4.69) is 5.10 Å². The fourth-order valence-electron chi connectivity index (χ4n) is 1.31. The van der Waals surface area contributed by atoms with Crippen LogP contribution in [0, 0.1) is 0 Å². The molecule has 1 aromatic carbocycles. The smallest absolute Gasteiger partial charge is 0.179 e. The van der Waals surface area contributed by atoms with Gasteiger partial charge in [0, 0.05) is 6.20 Å². The van der Waals surface area contributed by atoms with E-state index in [1.165, 1.54) is 6.20 Å². The van der Waals surface area contributed by atoms with Crippen LogP contribution in [-0.4, -0.2) is 22.1 Å². The average Bonchev–Trinajstić information content (AvgIpc) is 2.78. The molecule has 0 aliphatic rings. The summed E-state index contributed by atoms with van der Waals surface area (Å²) in [5.41, 5.74) is 6.73. The van der Waals surface area contributed by atoms with Crippen molar-refractivity contribution in [2.45, 2.75) is 0 Å². The van der Waals surface area contributed by atoms with E-state index in [4.69, 9.17) is 5.73 Å². The third kappa shape index (κ3) is 1.94. The number of ketones is 1. The zero-order chi connectivity index (χ0) is 10.7. The molecule has 15 heavy (non-hydrogen) atoms. The summed E-state index contributed by atoms with van der Waals surface area (Å²) in [4.78, 5) is 11.3. The highest BCUT2D eigenvalue weighted by Gasteiger charge is 2.06. The first-order valence-corrected chi connectivity index (χ1v) is 4.64. The lowest BCUT2D eigenvalue weighted by atomic mass is 10.2. The van der Waals surface area contributed by atoms with Crippen LogP contribution in [0.15, 0.2) is 42.7 Å². The lowest BCUT2D eigenvalue weighted by Crippen LogP contribution is -2.12. The molecular formula is C11H11N3O. The van der Waals surface area contributed by atoms with E-state index in [0.29, 0.717) is 5.56 Å². The van der Waals surface area contributed by atoms with Crippen molar-refractivity contribution in [3.63, 3.8) is 0 Å². The molecule has 0 bridgehead atoms. The van der Waals surface area contributed by atoms with E-state index >= 15 is 0 Å². The van der Waals surface area contributed by atoms with Crippen LogP contribution >= 0.6 is 0 Å². The van der Waals surface area contributed by atoms with Crippen LogP contribution in [0.5, 0.6) is 0 Å². The zero-order valence-electron chi connectivity index (χ0n) is 8.13. The molecule has 0 aliphatic heterocycles. The maximum atomic E-state index is 11.3. The Morgan fingerprint density at radius 3 is 2.73 bits per heavy atom. The Morgan fingerprint density at radius 2 is 2.07 bits per heavy atom. The van der Waals surface area contributed by atoms with Crippen LogP contribution in [0.3, 0.4) is 0 Å². The van der Waals surface area contributed by atoms with Crippen LogP contribution in [0.1, 0.15) is 10.4 Å². The molecule has 0 saturated carbocycles. The number of hydrogen-bond donors (Lipinski definition) is 1. The second-order valence-corrected chi connectivity index (χ2v) is 3.14. The SMILES string of the molecule is NCC(=O)c1cnn(-c2ccccc2)c1. The molecule has 0 atom stereocenters. The molecule has 0 fully saturated rings. The van der Waals surface area contributed by atoms with Crippen molar-refractivity contribution in [3.05, 3.63) is 48.3 Å². The number of rotatable bonds is 3.